The second kappa shape index (κ2) is 6.63. The Bertz CT molecular complexity index is 790. The number of amides is 1. The van der Waals surface area contributed by atoms with Gasteiger partial charge in [-0.3, -0.25) is 9.59 Å². The number of hydrogen-bond donors (Lipinski definition) is 1. The third kappa shape index (κ3) is 3.13. The van der Waals surface area contributed by atoms with Gasteiger partial charge in [-0.25, -0.2) is 4.98 Å². The molecule has 1 saturated heterocycles. The van der Waals surface area contributed by atoms with Crippen molar-refractivity contribution in [1.82, 2.24) is 19.4 Å². The van der Waals surface area contributed by atoms with E-state index in [1.54, 1.807) is 24.0 Å². The van der Waals surface area contributed by atoms with Crippen LogP contribution < -0.4 is 5.56 Å². The van der Waals surface area contributed by atoms with E-state index in [0.717, 1.165) is 24.4 Å². The SMILES string of the molecule is Cc1ccc(C(=O)N2CCC[C@@H](c3nccn3C(C)C)C2)c(=O)[nH]1. The summed E-state index contributed by atoms with van der Waals surface area (Å²) in [5.74, 6) is 1.05. The highest BCUT2D eigenvalue weighted by molar-refractivity contribution is 5.93. The normalized spacial score (nSPS) is 18.2. The van der Waals surface area contributed by atoms with Gasteiger partial charge in [0.05, 0.1) is 0 Å². The molecule has 0 bridgehead atoms. The van der Waals surface area contributed by atoms with Crippen molar-refractivity contribution in [1.29, 1.82) is 0 Å². The third-order valence-corrected chi connectivity index (χ3v) is 4.61. The van der Waals surface area contributed by atoms with Crippen molar-refractivity contribution in [3.8, 4) is 0 Å². The topological polar surface area (TPSA) is 71.0 Å². The molecule has 1 aliphatic heterocycles. The van der Waals surface area contributed by atoms with Gasteiger partial charge in [-0.2, -0.15) is 0 Å². The van der Waals surface area contributed by atoms with Gasteiger partial charge in [0.25, 0.3) is 11.5 Å². The molecule has 0 aliphatic carbocycles. The molecule has 128 valence electrons. The van der Waals surface area contributed by atoms with Crippen molar-refractivity contribution in [3.05, 3.63) is 52.0 Å². The number of aromatic amines is 1. The predicted molar refractivity (Wildman–Crippen MR) is 92.3 cm³/mol. The number of piperidine rings is 1. The Balaban J connectivity index is 1.81. The van der Waals surface area contributed by atoms with Crippen LogP contribution in [0.3, 0.4) is 0 Å². The monoisotopic (exact) mass is 328 g/mol. The number of aryl methyl sites for hydroxylation is 1. The summed E-state index contributed by atoms with van der Waals surface area (Å²) in [6.07, 6.45) is 5.75. The van der Waals surface area contributed by atoms with E-state index in [2.05, 4.69) is 28.4 Å². The van der Waals surface area contributed by atoms with E-state index < -0.39 is 0 Å². The van der Waals surface area contributed by atoms with Crippen LogP contribution in [0.15, 0.2) is 29.3 Å². The fourth-order valence-electron chi connectivity index (χ4n) is 3.36. The number of carbonyl (C=O) groups excluding carboxylic acids is 1. The smallest absolute Gasteiger partial charge is 0.260 e. The van der Waals surface area contributed by atoms with Crippen molar-refractivity contribution in [3.63, 3.8) is 0 Å². The lowest BCUT2D eigenvalue weighted by molar-refractivity contribution is 0.0701. The lowest BCUT2D eigenvalue weighted by Crippen LogP contribution is -2.41. The summed E-state index contributed by atoms with van der Waals surface area (Å²) < 4.78 is 2.16. The summed E-state index contributed by atoms with van der Waals surface area (Å²) in [5.41, 5.74) is 0.659. The van der Waals surface area contributed by atoms with Crippen LogP contribution in [0.1, 0.15) is 60.5 Å². The molecule has 3 rings (SSSR count). The van der Waals surface area contributed by atoms with Crippen molar-refractivity contribution in [2.24, 2.45) is 0 Å². The van der Waals surface area contributed by atoms with Gasteiger partial charge < -0.3 is 14.5 Å². The number of likely N-dealkylation sites (tertiary alicyclic amines) is 1. The Morgan fingerprint density at radius 2 is 2.17 bits per heavy atom. The van der Waals surface area contributed by atoms with E-state index in [1.165, 1.54) is 0 Å². The van der Waals surface area contributed by atoms with Crippen LogP contribution in [-0.2, 0) is 0 Å². The minimum absolute atomic E-state index is 0.191. The molecule has 1 fully saturated rings. The molecule has 1 aliphatic rings. The first-order valence-electron chi connectivity index (χ1n) is 8.49. The van der Waals surface area contributed by atoms with E-state index in [9.17, 15) is 9.59 Å². The second-order valence-electron chi connectivity index (χ2n) is 6.76. The quantitative estimate of drug-likeness (QED) is 0.941. The molecule has 0 saturated carbocycles. The number of pyridine rings is 1. The fourth-order valence-corrected chi connectivity index (χ4v) is 3.36. The number of imidazole rings is 1. The van der Waals surface area contributed by atoms with Gasteiger partial charge >= 0.3 is 0 Å². The molecular weight excluding hydrogens is 304 g/mol. The van der Waals surface area contributed by atoms with Crippen LogP contribution in [-0.4, -0.2) is 38.4 Å². The molecule has 2 aromatic heterocycles. The Morgan fingerprint density at radius 3 is 2.88 bits per heavy atom. The Morgan fingerprint density at radius 1 is 1.38 bits per heavy atom. The molecular formula is C18H24N4O2. The maximum Gasteiger partial charge on any atom is 0.260 e. The molecule has 1 atom stereocenters. The summed E-state index contributed by atoms with van der Waals surface area (Å²) in [6, 6.07) is 3.73. The highest BCUT2D eigenvalue weighted by Crippen LogP contribution is 2.28. The molecule has 2 aromatic rings. The molecule has 0 aromatic carbocycles. The predicted octanol–water partition coefficient (Wildman–Crippen LogP) is 2.48. The average Bonchev–Trinajstić information content (AvgIpc) is 3.04. The van der Waals surface area contributed by atoms with Gasteiger partial charge in [-0.15, -0.1) is 0 Å². The van der Waals surface area contributed by atoms with Crippen molar-refractivity contribution >= 4 is 5.91 Å². The number of aromatic nitrogens is 3. The molecule has 6 nitrogen and oxygen atoms in total. The number of nitrogens with one attached hydrogen (secondary N) is 1. The first-order valence-corrected chi connectivity index (χ1v) is 8.49. The van der Waals surface area contributed by atoms with Gasteiger partial charge in [0.15, 0.2) is 0 Å². The largest absolute Gasteiger partial charge is 0.338 e. The molecule has 1 amide bonds. The highest BCUT2D eigenvalue weighted by Gasteiger charge is 2.29. The summed E-state index contributed by atoms with van der Waals surface area (Å²) >= 11 is 0. The molecule has 3 heterocycles. The molecule has 0 radical (unpaired) electrons. The van der Waals surface area contributed by atoms with E-state index in [0.29, 0.717) is 19.1 Å². The van der Waals surface area contributed by atoms with E-state index >= 15 is 0 Å². The maximum atomic E-state index is 12.7. The number of carbonyl (C=O) groups is 1. The van der Waals surface area contributed by atoms with Crippen LogP contribution >= 0.6 is 0 Å². The standard InChI is InChI=1S/C18H24N4O2/c1-12(2)22-10-8-19-16(22)14-5-4-9-21(11-14)18(24)15-7-6-13(3)20-17(15)23/h6-8,10,12,14H,4-5,9,11H2,1-3H3,(H,20,23)/t14-/m1/s1. The Labute approximate surface area is 141 Å². The van der Waals surface area contributed by atoms with Crippen LogP contribution in [0.25, 0.3) is 0 Å². The third-order valence-electron chi connectivity index (χ3n) is 4.61. The summed E-state index contributed by atoms with van der Waals surface area (Å²) in [5, 5.41) is 0. The Hall–Kier alpha value is -2.37. The zero-order valence-electron chi connectivity index (χ0n) is 14.5. The zero-order valence-corrected chi connectivity index (χ0v) is 14.5. The van der Waals surface area contributed by atoms with Gasteiger partial charge in [-0.05, 0) is 45.7 Å². The lowest BCUT2D eigenvalue weighted by atomic mass is 9.96. The lowest BCUT2D eigenvalue weighted by Gasteiger charge is -2.33. The van der Waals surface area contributed by atoms with E-state index in [4.69, 9.17) is 0 Å². The maximum absolute atomic E-state index is 12.7. The first-order chi connectivity index (χ1) is 11.5. The minimum Gasteiger partial charge on any atom is -0.338 e. The second-order valence-corrected chi connectivity index (χ2v) is 6.76. The van der Waals surface area contributed by atoms with Crippen LogP contribution in [0.2, 0.25) is 0 Å². The molecule has 24 heavy (non-hydrogen) atoms. The summed E-state index contributed by atoms with van der Waals surface area (Å²) in [4.78, 5) is 33.8. The van der Waals surface area contributed by atoms with E-state index in [-0.39, 0.29) is 22.9 Å². The number of rotatable bonds is 3. The number of nitrogens with zero attached hydrogens (tertiary/aromatic N) is 3. The summed E-state index contributed by atoms with van der Waals surface area (Å²) in [6.45, 7) is 7.35. The Kier molecular flexibility index (Phi) is 4.55. The highest BCUT2D eigenvalue weighted by atomic mass is 16.2. The van der Waals surface area contributed by atoms with Gasteiger partial charge in [0, 0.05) is 43.1 Å². The molecule has 0 unspecified atom stereocenters. The minimum atomic E-state index is -0.314. The molecule has 0 spiro atoms. The van der Waals surface area contributed by atoms with Crippen LogP contribution in [0.5, 0.6) is 0 Å². The summed E-state index contributed by atoms with van der Waals surface area (Å²) in [7, 11) is 0. The van der Waals surface area contributed by atoms with Crippen LogP contribution in [0, 0.1) is 6.92 Å². The zero-order chi connectivity index (χ0) is 17.3. The first kappa shape index (κ1) is 16.5. The molecule has 1 N–H and O–H groups in total. The average molecular weight is 328 g/mol. The van der Waals surface area contributed by atoms with Gasteiger partial charge in [-0.1, -0.05) is 0 Å². The fraction of sp³-hybridized carbons (Fsp3) is 0.500. The number of hydrogen-bond acceptors (Lipinski definition) is 3. The van der Waals surface area contributed by atoms with Gasteiger partial charge in [0.2, 0.25) is 0 Å². The van der Waals surface area contributed by atoms with Crippen molar-refractivity contribution in [2.75, 3.05) is 13.1 Å². The van der Waals surface area contributed by atoms with Crippen molar-refractivity contribution < 1.29 is 4.79 Å². The van der Waals surface area contributed by atoms with Crippen molar-refractivity contribution in [2.45, 2.75) is 45.6 Å². The number of H-pyrrole nitrogens is 1. The van der Waals surface area contributed by atoms with Crippen LogP contribution in [0.4, 0.5) is 0 Å². The molecule has 6 heteroatoms. The van der Waals surface area contributed by atoms with E-state index in [1.807, 2.05) is 12.4 Å². The van der Waals surface area contributed by atoms with Gasteiger partial charge in [0.1, 0.15) is 11.4 Å².